The van der Waals surface area contributed by atoms with Crippen LogP contribution in [0.5, 0.6) is 0 Å². The van der Waals surface area contributed by atoms with Crippen LogP contribution in [-0.4, -0.2) is 33.2 Å². The molecule has 0 unspecified atom stereocenters. The average molecular weight is 496 g/mol. The lowest BCUT2D eigenvalue weighted by Gasteiger charge is -2.24. The lowest BCUT2D eigenvalue weighted by molar-refractivity contribution is -0.124. The van der Waals surface area contributed by atoms with E-state index in [-0.39, 0.29) is 23.4 Å². The number of rotatable bonds is 10. The van der Waals surface area contributed by atoms with E-state index >= 15 is 0 Å². The molecule has 1 amide bonds. The SMILES string of the molecule is CC(C)C[C@H](NCC#N)C(=O)N[C@@H](c1ccc(-c2ccc(S(C)(=O)=O)cc2)cc1)c1cccs1. The zero-order valence-electron chi connectivity index (χ0n) is 19.5. The van der Waals surface area contributed by atoms with Gasteiger partial charge in [0.2, 0.25) is 5.91 Å². The number of hydrogen-bond donors (Lipinski definition) is 2. The fraction of sp³-hybridized carbons (Fsp3) is 0.308. The van der Waals surface area contributed by atoms with E-state index in [4.69, 9.17) is 5.26 Å². The van der Waals surface area contributed by atoms with Crippen molar-refractivity contribution >= 4 is 27.1 Å². The molecule has 0 saturated heterocycles. The van der Waals surface area contributed by atoms with Crippen molar-refractivity contribution in [2.45, 2.75) is 37.2 Å². The van der Waals surface area contributed by atoms with Crippen LogP contribution < -0.4 is 10.6 Å². The Kier molecular flexibility index (Phi) is 8.61. The predicted molar refractivity (Wildman–Crippen MR) is 136 cm³/mol. The van der Waals surface area contributed by atoms with E-state index in [0.717, 1.165) is 21.6 Å². The van der Waals surface area contributed by atoms with Gasteiger partial charge in [-0.15, -0.1) is 11.3 Å². The van der Waals surface area contributed by atoms with Crippen LogP contribution in [0.3, 0.4) is 0 Å². The maximum Gasteiger partial charge on any atom is 0.237 e. The van der Waals surface area contributed by atoms with Gasteiger partial charge in [-0.2, -0.15) is 5.26 Å². The standard InChI is InChI=1S/C26H29N3O3S2/c1-18(2)17-23(28-15-14-27)26(30)29-25(24-5-4-16-33-24)21-8-6-19(7-9-21)20-10-12-22(13-11-20)34(3,31)32/h4-13,16,18,23,25,28H,15,17H2,1-3H3,(H,29,30)/t23-,25-/m0/s1. The van der Waals surface area contributed by atoms with Gasteiger partial charge in [-0.3, -0.25) is 10.1 Å². The molecule has 2 aromatic carbocycles. The van der Waals surface area contributed by atoms with Crippen molar-refractivity contribution < 1.29 is 13.2 Å². The largest absolute Gasteiger partial charge is 0.343 e. The lowest BCUT2D eigenvalue weighted by atomic mass is 9.98. The predicted octanol–water partition coefficient (Wildman–Crippen LogP) is 4.55. The Bertz CT molecular complexity index is 1230. The van der Waals surface area contributed by atoms with Gasteiger partial charge < -0.3 is 5.32 Å². The van der Waals surface area contributed by atoms with Crippen LogP contribution in [0.1, 0.15) is 36.8 Å². The second-order valence-corrected chi connectivity index (χ2v) is 11.6. The number of nitriles is 1. The number of benzene rings is 2. The zero-order valence-corrected chi connectivity index (χ0v) is 21.1. The quantitative estimate of drug-likeness (QED) is 0.402. The minimum Gasteiger partial charge on any atom is -0.343 e. The highest BCUT2D eigenvalue weighted by atomic mass is 32.2. The number of nitrogens with one attached hydrogen (secondary N) is 2. The highest BCUT2D eigenvalue weighted by Crippen LogP contribution is 2.29. The highest BCUT2D eigenvalue weighted by molar-refractivity contribution is 7.90. The van der Waals surface area contributed by atoms with Crippen LogP contribution in [0.2, 0.25) is 0 Å². The first kappa shape index (κ1) is 25.6. The molecule has 8 heteroatoms. The summed E-state index contributed by atoms with van der Waals surface area (Å²) in [6, 6.07) is 19.9. The third kappa shape index (κ3) is 6.76. The molecule has 2 atom stereocenters. The van der Waals surface area contributed by atoms with Crippen molar-refractivity contribution in [3.05, 3.63) is 76.5 Å². The number of thiophene rings is 1. The topological polar surface area (TPSA) is 99.1 Å². The van der Waals surface area contributed by atoms with Gasteiger partial charge in [-0.1, -0.05) is 56.3 Å². The summed E-state index contributed by atoms with van der Waals surface area (Å²) < 4.78 is 23.4. The first-order chi connectivity index (χ1) is 16.2. The molecule has 2 N–H and O–H groups in total. The molecule has 0 aliphatic carbocycles. The smallest absolute Gasteiger partial charge is 0.237 e. The third-order valence-electron chi connectivity index (χ3n) is 5.43. The molecule has 0 spiro atoms. The molecule has 0 saturated carbocycles. The minimum atomic E-state index is -3.24. The second-order valence-electron chi connectivity index (χ2n) is 8.60. The first-order valence-corrected chi connectivity index (χ1v) is 13.8. The monoisotopic (exact) mass is 495 g/mol. The Morgan fingerprint density at radius 2 is 1.65 bits per heavy atom. The van der Waals surface area contributed by atoms with Crippen molar-refractivity contribution in [2.24, 2.45) is 5.92 Å². The number of carbonyl (C=O) groups is 1. The molecular weight excluding hydrogens is 466 g/mol. The third-order valence-corrected chi connectivity index (χ3v) is 7.49. The molecule has 1 heterocycles. The summed E-state index contributed by atoms with van der Waals surface area (Å²) in [5.41, 5.74) is 2.80. The van der Waals surface area contributed by atoms with Crippen LogP contribution in [0.15, 0.2) is 70.9 Å². The number of sulfone groups is 1. The fourth-order valence-electron chi connectivity index (χ4n) is 3.70. The maximum absolute atomic E-state index is 13.1. The maximum atomic E-state index is 13.1. The van der Waals surface area contributed by atoms with E-state index in [1.807, 2.05) is 61.7 Å². The van der Waals surface area contributed by atoms with E-state index in [1.165, 1.54) is 6.26 Å². The van der Waals surface area contributed by atoms with E-state index in [9.17, 15) is 13.2 Å². The molecule has 1 aromatic heterocycles. The Balaban J connectivity index is 1.84. The second kappa shape index (κ2) is 11.4. The van der Waals surface area contributed by atoms with E-state index in [0.29, 0.717) is 12.3 Å². The van der Waals surface area contributed by atoms with Crippen LogP contribution in [0.4, 0.5) is 0 Å². The van der Waals surface area contributed by atoms with Crippen LogP contribution in [-0.2, 0) is 14.6 Å². The van der Waals surface area contributed by atoms with Gasteiger partial charge in [-0.05, 0) is 52.6 Å². The molecule has 178 valence electrons. The molecule has 3 rings (SSSR count). The van der Waals surface area contributed by atoms with Gasteiger partial charge in [0, 0.05) is 11.1 Å². The van der Waals surface area contributed by atoms with Gasteiger partial charge >= 0.3 is 0 Å². The Hall–Kier alpha value is -2.99. The molecule has 0 aliphatic heterocycles. The number of hydrogen-bond acceptors (Lipinski definition) is 6. The minimum absolute atomic E-state index is 0.112. The van der Waals surface area contributed by atoms with Gasteiger partial charge in [0.25, 0.3) is 0 Å². The lowest BCUT2D eigenvalue weighted by Crippen LogP contribution is -2.46. The summed E-state index contributed by atoms with van der Waals surface area (Å²) in [7, 11) is -3.24. The van der Waals surface area contributed by atoms with Crippen LogP contribution >= 0.6 is 11.3 Å². The van der Waals surface area contributed by atoms with Crippen LogP contribution in [0, 0.1) is 17.2 Å². The summed E-state index contributed by atoms with van der Waals surface area (Å²) in [5, 5.41) is 17.1. The molecule has 0 aliphatic rings. The van der Waals surface area contributed by atoms with Crippen molar-refractivity contribution in [2.75, 3.05) is 12.8 Å². The number of nitrogens with zero attached hydrogens (tertiary/aromatic N) is 1. The van der Waals surface area contributed by atoms with Gasteiger partial charge in [-0.25, -0.2) is 8.42 Å². The zero-order chi connectivity index (χ0) is 24.7. The summed E-state index contributed by atoms with van der Waals surface area (Å²) >= 11 is 1.57. The molecule has 34 heavy (non-hydrogen) atoms. The Labute approximate surface area is 205 Å². The average Bonchev–Trinajstić information content (AvgIpc) is 3.34. The highest BCUT2D eigenvalue weighted by Gasteiger charge is 2.24. The van der Waals surface area contributed by atoms with Gasteiger partial charge in [0.1, 0.15) is 0 Å². The van der Waals surface area contributed by atoms with Gasteiger partial charge in [0.15, 0.2) is 9.84 Å². The molecular formula is C26H29N3O3S2. The summed E-state index contributed by atoms with van der Waals surface area (Å²) in [6.45, 7) is 4.21. The van der Waals surface area contributed by atoms with Crippen LogP contribution in [0.25, 0.3) is 11.1 Å². The van der Waals surface area contributed by atoms with Gasteiger partial charge in [0.05, 0.1) is 29.6 Å². The Morgan fingerprint density at radius 1 is 1.03 bits per heavy atom. The van der Waals surface area contributed by atoms with E-state index in [2.05, 4.69) is 10.6 Å². The molecule has 0 bridgehead atoms. The van der Waals surface area contributed by atoms with Crippen molar-refractivity contribution in [3.63, 3.8) is 0 Å². The van der Waals surface area contributed by atoms with Crippen molar-refractivity contribution in [3.8, 4) is 17.2 Å². The summed E-state index contributed by atoms with van der Waals surface area (Å²) in [4.78, 5) is 14.4. The summed E-state index contributed by atoms with van der Waals surface area (Å²) in [5.74, 6) is 0.165. The van der Waals surface area contributed by atoms with E-state index in [1.54, 1.807) is 35.6 Å². The molecule has 3 aromatic rings. The van der Waals surface area contributed by atoms with Crippen molar-refractivity contribution in [1.29, 1.82) is 5.26 Å². The number of carbonyl (C=O) groups excluding carboxylic acids is 1. The number of amides is 1. The molecule has 0 radical (unpaired) electrons. The first-order valence-electron chi connectivity index (χ1n) is 11.0. The fourth-order valence-corrected chi connectivity index (χ4v) is 5.14. The summed E-state index contributed by atoms with van der Waals surface area (Å²) in [6.07, 6.45) is 1.82. The molecule has 6 nitrogen and oxygen atoms in total. The normalized spacial score (nSPS) is 13.3. The van der Waals surface area contributed by atoms with E-state index < -0.39 is 15.9 Å². The van der Waals surface area contributed by atoms with Crippen molar-refractivity contribution in [1.82, 2.24) is 10.6 Å². The Morgan fingerprint density at radius 3 is 2.15 bits per heavy atom. The molecule has 0 fully saturated rings.